The second kappa shape index (κ2) is 4.48. The summed E-state index contributed by atoms with van der Waals surface area (Å²) in [6.45, 7) is 0. The fourth-order valence-corrected chi connectivity index (χ4v) is 2.73. The zero-order valence-electron chi connectivity index (χ0n) is 8.91. The molecule has 2 nitrogen and oxygen atoms in total. The molecule has 1 aliphatic carbocycles. The minimum absolute atomic E-state index is 0.615. The van der Waals surface area contributed by atoms with Gasteiger partial charge in [0, 0.05) is 22.0 Å². The van der Waals surface area contributed by atoms with Crippen molar-refractivity contribution in [3.05, 3.63) is 33.6 Å². The van der Waals surface area contributed by atoms with Gasteiger partial charge in [0.1, 0.15) is 0 Å². The van der Waals surface area contributed by atoms with E-state index in [4.69, 9.17) is 23.2 Å². The summed E-state index contributed by atoms with van der Waals surface area (Å²) in [5.74, 6) is 0. The lowest BCUT2D eigenvalue weighted by molar-refractivity contribution is 1.14. The summed E-state index contributed by atoms with van der Waals surface area (Å²) in [4.78, 5) is 4.53. The number of rotatable bonds is 3. The summed E-state index contributed by atoms with van der Waals surface area (Å²) in [6, 6.07) is 6.04. The number of nitrogens with one attached hydrogen (secondary N) is 1. The Morgan fingerprint density at radius 1 is 1.29 bits per heavy atom. The number of hydrogen-bond donors (Lipinski definition) is 1. The van der Waals surface area contributed by atoms with Crippen LogP contribution in [0.5, 0.6) is 0 Å². The lowest BCUT2D eigenvalue weighted by Crippen LogP contribution is -1.99. The van der Waals surface area contributed by atoms with Crippen molar-refractivity contribution in [3.8, 4) is 11.3 Å². The Labute approximate surface area is 114 Å². The van der Waals surface area contributed by atoms with Crippen molar-refractivity contribution in [1.82, 2.24) is 4.98 Å². The van der Waals surface area contributed by atoms with Gasteiger partial charge in [0.2, 0.25) is 0 Å². The second-order valence-corrected chi connectivity index (χ2v) is 5.78. The standard InChI is InChI=1S/C12H10Cl2N2S/c13-7-1-4-10(14)9(5-7)11-6-17-12(16-11)15-8-2-3-8/h1,4-6,8H,2-3H2,(H,15,16). The highest BCUT2D eigenvalue weighted by Crippen LogP contribution is 2.34. The molecule has 17 heavy (non-hydrogen) atoms. The minimum Gasteiger partial charge on any atom is -0.359 e. The van der Waals surface area contributed by atoms with Crippen molar-refractivity contribution in [1.29, 1.82) is 0 Å². The molecule has 1 heterocycles. The van der Waals surface area contributed by atoms with E-state index in [9.17, 15) is 0 Å². The topological polar surface area (TPSA) is 24.9 Å². The van der Waals surface area contributed by atoms with Crippen molar-refractivity contribution >= 4 is 39.7 Å². The molecule has 1 aliphatic rings. The van der Waals surface area contributed by atoms with Crippen LogP contribution in [-0.2, 0) is 0 Å². The minimum atomic E-state index is 0.615. The largest absolute Gasteiger partial charge is 0.359 e. The predicted molar refractivity (Wildman–Crippen MR) is 74.2 cm³/mol. The van der Waals surface area contributed by atoms with E-state index in [0.717, 1.165) is 16.4 Å². The van der Waals surface area contributed by atoms with E-state index in [1.165, 1.54) is 12.8 Å². The highest BCUT2D eigenvalue weighted by Gasteiger charge is 2.22. The monoisotopic (exact) mass is 284 g/mol. The maximum atomic E-state index is 6.14. The molecule has 0 atom stereocenters. The summed E-state index contributed by atoms with van der Waals surface area (Å²) in [7, 11) is 0. The van der Waals surface area contributed by atoms with Crippen LogP contribution in [-0.4, -0.2) is 11.0 Å². The molecular formula is C12H10Cl2N2S. The van der Waals surface area contributed by atoms with E-state index >= 15 is 0 Å². The Balaban J connectivity index is 1.91. The number of nitrogens with zero attached hydrogens (tertiary/aromatic N) is 1. The first-order chi connectivity index (χ1) is 8.22. The van der Waals surface area contributed by atoms with Gasteiger partial charge < -0.3 is 5.32 Å². The number of anilines is 1. The van der Waals surface area contributed by atoms with Gasteiger partial charge in [0.25, 0.3) is 0 Å². The molecule has 0 aliphatic heterocycles. The van der Waals surface area contributed by atoms with Gasteiger partial charge in [-0.3, -0.25) is 0 Å². The molecule has 2 aromatic rings. The molecule has 0 radical (unpaired) electrons. The smallest absolute Gasteiger partial charge is 0.183 e. The first-order valence-electron chi connectivity index (χ1n) is 5.40. The van der Waals surface area contributed by atoms with Crippen molar-refractivity contribution in [2.45, 2.75) is 18.9 Å². The summed E-state index contributed by atoms with van der Waals surface area (Å²) < 4.78 is 0. The molecule has 3 rings (SSSR count). The molecule has 1 fully saturated rings. The normalized spacial score (nSPS) is 14.9. The maximum absolute atomic E-state index is 6.14. The van der Waals surface area contributed by atoms with Crippen LogP contribution >= 0.6 is 34.5 Å². The van der Waals surface area contributed by atoms with Crippen LogP contribution in [0.15, 0.2) is 23.6 Å². The Morgan fingerprint density at radius 2 is 2.12 bits per heavy atom. The van der Waals surface area contributed by atoms with Crippen LogP contribution in [0.2, 0.25) is 10.0 Å². The van der Waals surface area contributed by atoms with E-state index in [1.807, 2.05) is 11.4 Å². The molecule has 0 unspecified atom stereocenters. The molecule has 0 bridgehead atoms. The number of halogens is 2. The molecular weight excluding hydrogens is 275 g/mol. The summed E-state index contributed by atoms with van der Waals surface area (Å²) in [6.07, 6.45) is 2.49. The third-order valence-electron chi connectivity index (χ3n) is 2.61. The van der Waals surface area contributed by atoms with E-state index < -0.39 is 0 Å². The van der Waals surface area contributed by atoms with Crippen LogP contribution in [0.25, 0.3) is 11.3 Å². The molecule has 0 spiro atoms. The first-order valence-corrected chi connectivity index (χ1v) is 7.03. The van der Waals surface area contributed by atoms with Gasteiger partial charge in [0.05, 0.1) is 10.7 Å². The number of hydrogen-bond acceptors (Lipinski definition) is 3. The van der Waals surface area contributed by atoms with Gasteiger partial charge in [-0.25, -0.2) is 4.98 Å². The average molecular weight is 285 g/mol. The Hall–Kier alpha value is -0.770. The quantitative estimate of drug-likeness (QED) is 0.884. The summed E-state index contributed by atoms with van der Waals surface area (Å²) >= 11 is 13.7. The molecule has 0 amide bonds. The fraction of sp³-hybridized carbons (Fsp3) is 0.250. The molecule has 1 N–H and O–H groups in total. The summed E-state index contributed by atoms with van der Waals surface area (Å²) in [5.41, 5.74) is 1.77. The molecule has 1 aromatic carbocycles. The van der Waals surface area contributed by atoms with Crippen LogP contribution in [0.4, 0.5) is 5.13 Å². The third kappa shape index (κ3) is 2.57. The Bertz CT molecular complexity index is 549. The van der Waals surface area contributed by atoms with Crippen LogP contribution in [0.3, 0.4) is 0 Å². The fourth-order valence-electron chi connectivity index (χ4n) is 1.56. The zero-order chi connectivity index (χ0) is 11.8. The van der Waals surface area contributed by atoms with Crippen LogP contribution in [0, 0.1) is 0 Å². The van der Waals surface area contributed by atoms with Crippen molar-refractivity contribution in [2.75, 3.05) is 5.32 Å². The van der Waals surface area contributed by atoms with E-state index in [0.29, 0.717) is 16.1 Å². The lowest BCUT2D eigenvalue weighted by atomic mass is 10.2. The van der Waals surface area contributed by atoms with Gasteiger partial charge in [-0.1, -0.05) is 23.2 Å². The molecule has 5 heteroatoms. The Kier molecular flexibility index (Phi) is 2.99. The lowest BCUT2D eigenvalue weighted by Gasteiger charge is -2.01. The van der Waals surface area contributed by atoms with Crippen molar-refractivity contribution < 1.29 is 0 Å². The van der Waals surface area contributed by atoms with Crippen LogP contribution < -0.4 is 5.32 Å². The number of aromatic nitrogens is 1. The number of thiazole rings is 1. The van der Waals surface area contributed by atoms with Crippen molar-refractivity contribution in [2.24, 2.45) is 0 Å². The van der Waals surface area contributed by atoms with Crippen molar-refractivity contribution in [3.63, 3.8) is 0 Å². The highest BCUT2D eigenvalue weighted by atomic mass is 35.5. The highest BCUT2D eigenvalue weighted by molar-refractivity contribution is 7.14. The van der Waals surface area contributed by atoms with E-state index in [2.05, 4.69) is 10.3 Å². The first kappa shape index (κ1) is 11.3. The van der Waals surface area contributed by atoms with Gasteiger partial charge in [-0.05, 0) is 31.0 Å². The van der Waals surface area contributed by atoms with E-state index in [1.54, 1.807) is 23.5 Å². The maximum Gasteiger partial charge on any atom is 0.183 e. The van der Waals surface area contributed by atoms with E-state index in [-0.39, 0.29) is 0 Å². The third-order valence-corrected chi connectivity index (χ3v) is 3.95. The average Bonchev–Trinajstić information content (AvgIpc) is 2.99. The Morgan fingerprint density at radius 3 is 2.88 bits per heavy atom. The van der Waals surface area contributed by atoms with Gasteiger partial charge >= 0.3 is 0 Å². The zero-order valence-corrected chi connectivity index (χ0v) is 11.2. The molecule has 1 saturated carbocycles. The predicted octanol–water partition coefficient (Wildman–Crippen LogP) is 4.69. The van der Waals surface area contributed by atoms with Crippen LogP contribution in [0.1, 0.15) is 12.8 Å². The second-order valence-electron chi connectivity index (χ2n) is 4.08. The molecule has 1 aromatic heterocycles. The summed E-state index contributed by atoms with van der Waals surface area (Å²) in [5, 5.41) is 7.68. The van der Waals surface area contributed by atoms with Gasteiger partial charge in [-0.2, -0.15) is 0 Å². The molecule has 88 valence electrons. The SMILES string of the molecule is Clc1ccc(Cl)c(-c2csc(NC3CC3)n2)c1. The van der Waals surface area contributed by atoms with Gasteiger partial charge in [-0.15, -0.1) is 11.3 Å². The number of benzene rings is 1. The van der Waals surface area contributed by atoms with Gasteiger partial charge in [0.15, 0.2) is 5.13 Å². The molecule has 0 saturated heterocycles.